The molecule has 0 saturated carbocycles. The average Bonchev–Trinajstić information content (AvgIpc) is 2.27. The first-order chi connectivity index (χ1) is 8.34. The topological polar surface area (TPSA) is 0 Å². The van der Waals surface area contributed by atoms with Crippen LogP contribution in [0.4, 0.5) is 0 Å². The van der Waals surface area contributed by atoms with Crippen LogP contribution < -0.4 is 0 Å². The Hall–Kier alpha value is -0.750. The molecule has 1 aromatic carbocycles. The third-order valence-electron chi connectivity index (χ3n) is 5.28. The van der Waals surface area contributed by atoms with Gasteiger partial charge in [-0.05, 0) is 67.2 Å². The summed E-state index contributed by atoms with van der Waals surface area (Å²) in [6, 6.07) is 6.48. The van der Waals surface area contributed by atoms with Gasteiger partial charge in [0.15, 0.2) is 0 Å². The summed E-state index contributed by atoms with van der Waals surface area (Å²) in [5.74, 6) is 0. The van der Waals surface area contributed by atoms with E-state index in [1.807, 2.05) is 6.07 Å². The Labute approximate surface area is 115 Å². The van der Waals surface area contributed by atoms with E-state index in [0.29, 0.717) is 5.41 Å². The Morgan fingerprint density at radius 2 is 1.78 bits per heavy atom. The molecule has 0 fully saturated rings. The van der Waals surface area contributed by atoms with Gasteiger partial charge in [-0.15, -0.1) is 0 Å². The lowest BCUT2D eigenvalue weighted by Crippen LogP contribution is -2.43. The van der Waals surface area contributed by atoms with Gasteiger partial charge in [-0.25, -0.2) is 0 Å². The monoisotopic (exact) mass is 260 g/mol. The van der Waals surface area contributed by atoms with Crippen molar-refractivity contribution in [2.45, 2.75) is 52.4 Å². The molecule has 0 spiro atoms. The van der Waals surface area contributed by atoms with E-state index in [4.69, 9.17) is 11.6 Å². The lowest BCUT2D eigenvalue weighted by molar-refractivity contribution is 0.211. The molecular weight excluding hydrogens is 240 g/mol. The maximum absolute atomic E-state index is 6.20. The van der Waals surface area contributed by atoms with Gasteiger partial charge in [0.25, 0.3) is 0 Å². The fraction of sp³-hybridized carbons (Fsp3) is 0.529. The predicted octanol–water partition coefficient (Wildman–Crippen LogP) is 5.29. The summed E-state index contributed by atoms with van der Waals surface area (Å²) >= 11 is 6.20. The number of hydrogen-bond acceptors (Lipinski definition) is 0. The molecule has 2 aliphatic carbocycles. The SMILES string of the molecule is CC1=C(C)C2(C)Cc3ccc(Cl)cc3C(C)(C1)C2. The normalized spacial score (nSPS) is 34.5. The van der Waals surface area contributed by atoms with E-state index in [2.05, 4.69) is 39.8 Å². The first-order valence-corrected chi connectivity index (χ1v) is 7.18. The van der Waals surface area contributed by atoms with Crippen molar-refractivity contribution in [3.63, 3.8) is 0 Å². The standard InChI is InChI=1S/C17H21Cl/c1-11-8-17(4)10-16(3,12(11)2)9-13-5-6-14(18)7-15(13)17/h5-7H,8-10H2,1-4H3. The van der Waals surface area contributed by atoms with Crippen LogP contribution in [0.2, 0.25) is 5.02 Å². The van der Waals surface area contributed by atoms with E-state index in [9.17, 15) is 0 Å². The Kier molecular flexibility index (Phi) is 2.48. The van der Waals surface area contributed by atoms with Crippen molar-refractivity contribution in [2.24, 2.45) is 5.41 Å². The zero-order chi connectivity index (χ0) is 13.1. The maximum atomic E-state index is 6.20. The molecule has 1 heteroatoms. The lowest BCUT2D eigenvalue weighted by Gasteiger charge is -2.51. The van der Waals surface area contributed by atoms with E-state index in [1.165, 1.54) is 24.0 Å². The van der Waals surface area contributed by atoms with Crippen LogP contribution in [0.5, 0.6) is 0 Å². The molecule has 3 rings (SSSR count). The van der Waals surface area contributed by atoms with Gasteiger partial charge < -0.3 is 0 Å². The maximum Gasteiger partial charge on any atom is 0.0409 e. The van der Waals surface area contributed by atoms with Gasteiger partial charge in [0.05, 0.1) is 0 Å². The van der Waals surface area contributed by atoms with E-state index in [0.717, 1.165) is 11.4 Å². The van der Waals surface area contributed by atoms with Crippen LogP contribution in [-0.4, -0.2) is 0 Å². The molecule has 1 aromatic rings. The molecule has 0 aliphatic heterocycles. The van der Waals surface area contributed by atoms with Gasteiger partial charge in [-0.1, -0.05) is 42.7 Å². The fourth-order valence-corrected chi connectivity index (χ4v) is 4.53. The number of hydrogen-bond donors (Lipinski definition) is 0. The highest BCUT2D eigenvalue weighted by Gasteiger charge is 2.47. The number of rotatable bonds is 0. The van der Waals surface area contributed by atoms with Crippen LogP contribution in [0.1, 0.15) is 51.7 Å². The third kappa shape index (κ3) is 1.58. The van der Waals surface area contributed by atoms with Crippen LogP contribution in [0.15, 0.2) is 29.3 Å². The van der Waals surface area contributed by atoms with E-state index in [1.54, 1.807) is 11.1 Å². The Morgan fingerprint density at radius 3 is 2.50 bits per heavy atom. The summed E-state index contributed by atoms with van der Waals surface area (Å²) in [5, 5.41) is 0.877. The van der Waals surface area contributed by atoms with Crippen LogP contribution in [0, 0.1) is 5.41 Å². The van der Waals surface area contributed by atoms with Crippen LogP contribution >= 0.6 is 11.6 Å². The third-order valence-corrected chi connectivity index (χ3v) is 5.52. The van der Waals surface area contributed by atoms with Gasteiger partial charge >= 0.3 is 0 Å². The molecule has 0 saturated heterocycles. The molecule has 0 aromatic heterocycles. The second kappa shape index (κ2) is 3.63. The number of allylic oxidation sites excluding steroid dienone is 2. The summed E-state index contributed by atoms with van der Waals surface area (Å²) in [6.45, 7) is 9.48. The van der Waals surface area contributed by atoms with Crippen LogP contribution in [-0.2, 0) is 11.8 Å². The summed E-state index contributed by atoms with van der Waals surface area (Å²) in [5.41, 5.74) is 6.80. The van der Waals surface area contributed by atoms with Crippen LogP contribution in [0.25, 0.3) is 0 Å². The van der Waals surface area contributed by atoms with E-state index < -0.39 is 0 Å². The zero-order valence-electron chi connectivity index (χ0n) is 11.7. The summed E-state index contributed by atoms with van der Waals surface area (Å²) in [6.07, 6.45) is 3.61. The predicted molar refractivity (Wildman–Crippen MR) is 78.2 cm³/mol. The number of benzene rings is 1. The largest absolute Gasteiger partial charge is 0.0843 e. The molecule has 0 amide bonds. The van der Waals surface area contributed by atoms with Gasteiger partial charge in [0, 0.05) is 5.02 Å². The number of fused-ring (bicyclic) bond motifs is 4. The second-order valence-corrected chi connectivity index (χ2v) is 7.29. The molecule has 2 atom stereocenters. The first-order valence-electron chi connectivity index (χ1n) is 6.80. The van der Waals surface area contributed by atoms with Crippen molar-refractivity contribution in [3.8, 4) is 0 Å². The molecule has 0 N–H and O–H groups in total. The Bertz CT molecular complexity index is 555. The minimum absolute atomic E-state index is 0.275. The first kappa shape index (κ1) is 12.3. The van der Waals surface area contributed by atoms with Crippen molar-refractivity contribution < 1.29 is 0 Å². The van der Waals surface area contributed by atoms with Crippen molar-refractivity contribution >= 4 is 11.6 Å². The summed E-state index contributed by atoms with van der Waals surface area (Å²) in [4.78, 5) is 0. The summed E-state index contributed by atoms with van der Waals surface area (Å²) < 4.78 is 0. The summed E-state index contributed by atoms with van der Waals surface area (Å²) in [7, 11) is 0. The van der Waals surface area contributed by atoms with Gasteiger partial charge in [0.1, 0.15) is 0 Å². The smallest absolute Gasteiger partial charge is 0.0409 e. The van der Waals surface area contributed by atoms with Crippen molar-refractivity contribution in [1.82, 2.24) is 0 Å². The highest BCUT2D eigenvalue weighted by Crippen LogP contribution is 2.56. The Balaban J connectivity index is 2.23. The molecule has 18 heavy (non-hydrogen) atoms. The quantitative estimate of drug-likeness (QED) is 0.556. The molecular formula is C17H21Cl. The average molecular weight is 261 g/mol. The number of halogens is 1. The van der Waals surface area contributed by atoms with E-state index in [-0.39, 0.29) is 5.41 Å². The zero-order valence-corrected chi connectivity index (χ0v) is 12.5. The molecule has 2 bridgehead atoms. The minimum Gasteiger partial charge on any atom is -0.0843 e. The van der Waals surface area contributed by atoms with Gasteiger partial charge in [-0.2, -0.15) is 0 Å². The highest BCUT2D eigenvalue weighted by atomic mass is 35.5. The molecule has 0 nitrogen and oxygen atoms in total. The lowest BCUT2D eigenvalue weighted by atomic mass is 9.53. The van der Waals surface area contributed by atoms with Crippen LogP contribution in [0.3, 0.4) is 0 Å². The van der Waals surface area contributed by atoms with E-state index >= 15 is 0 Å². The van der Waals surface area contributed by atoms with Crippen molar-refractivity contribution in [3.05, 3.63) is 45.5 Å². The minimum atomic E-state index is 0.275. The Morgan fingerprint density at radius 1 is 1.06 bits per heavy atom. The van der Waals surface area contributed by atoms with Crippen molar-refractivity contribution in [1.29, 1.82) is 0 Å². The van der Waals surface area contributed by atoms with Crippen molar-refractivity contribution in [2.75, 3.05) is 0 Å². The molecule has 2 aliphatic rings. The van der Waals surface area contributed by atoms with Gasteiger partial charge in [0.2, 0.25) is 0 Å². The fourth-order valence-electron chi connectivity index (χ4n) is 4.36. The molecule has 2 unspecified atom stereocenters. The second-order valence-electron chi connectivity index (χ2n) is 6.86. The van der Waals surface area contributed by atoms with Gasteiger partial charge in [-0.3, -0.25) is 0 Å². The molecule has 0 heterocycles. The highest BCUT2D eigenvalue weighted by molar-refractivity contribution is 6.30. The molecule has 0 radical (unpaired) electrons. The molecule has 96 valence electrons.